The Bertz CT molecular complexity index is 1220. The van der Waals surface area contributed by atoms with Crippen LogP contribution in [0.3, 0.4) is 0 Å². The van der Waals surface area contributed by atoms with E-state index in [0.717, 1.165) is 11.3 Å². The van der Waals surface area contributed by atoms with Crippen molar-refractivity contribution < 1.29 is 19.1 Å². The summed E-state index contributed by atoms with van der Waals surface area (Å²) in [5.41, 5.74) is 3.32. The Labute approximate surface area is 187 Å². The number of carbonyl (C=O) groups is 2. The average molecular weight is 422 g/mol. The van der Waals surface area contributed by atoms with Gasteiger partial charge in [-0.25, -0.2) is 0 Å². The monoisotopic (exact) mass is 422 g/mol. The topological polar surface area (TPSA) is 52.6 Å². The fraction of sp³-hybridized carbons (Fsp3) is 0.0714. The smallest absolute Gasteiger partial charge is 0.193 e. The van der Waals surface area contributed by atoms with Gasteiger partial charge in [0.15, 0.2) is 11.6 Å². The van der Waals surface area contributed by atoms with Crippen molar-refractivity contribution in [3.05, 3.63) is 125 Å². The van der Waals surface area contributed by atoms with Crippen LogP contribution < -0.4 is 9.47 Å². The van der Waals surface area contributed by atoms with Crippen LogP contribution in [0.1, 0.15) is 37.4 Å². The molecule has 0 heterocycles. The lowest BCUT2D eigenvalue weighted by atomic mass is 9.98. The van der Waals surface area contributed by atoms with Gasteiger partial charge in [-0.15, -0.1) is 0 Å². The second-order valence-electron chi connectivity index (χ2n) is 7.40. The molecular weight excluding hydrogens is 400 g/mol. The van der Waals surface area contributed by atoms with E-state index in [2.05, 4.69) is 0 Å². The van der Waals surface area contributed by atoms with Crippen LogP contribution in [0.25, 0.3) is 0 Å². The highest BCUT2D eigenvalue weighted by molar-refractivity contribution is 6.11. The number of carbonyl (C=O) groups excluding carboxylic acids is 2. The van der Waals surface area contributed by atoms with Crippen molar-refractivity contribution in [3.63, 3.8) is 0 Å². The predicted octanol–water partition coefficient (Wildman–Crippen LogP) is 6.26. The van der Waals surface area contributed by atoms with Gasteiger partial charge in [0.2, 0.25) is 0 Å². The van der Waals surface area contributed by atoms with Gasteiger partial charge in [0.25, 0.3) is 0 Å². The standard InChI is InChI=1S/C28H22O4/c1-19-3-13-25(14-4-19)32-26-17-11-23(12-18-26)28(30)21-7-5-20(6-8-21)27(29)22-9-15-24(31-2)16-10-22/h3-18H,1-2H3. The minimum absolute atomic E-state index is 0.107. The zero-order valence-electron chi connectivity index (χ0n) is 17.9. The van der Waals surface area contributed by atoms with Crippen LogP contribution in [0, 0.1) is 6.92 Å². The molecule has 158 valence electrons. The van der Waals surface area contributed by atoms with Crippen LogP contribution >= 0.6 is 0 Å². The van der Waals surface area contributed by atoms with Crippen LogP contribution in [0.4, 0.5) is 0 Å². The zero-order chi connectivity index (χ0) is 22.5. The van der Waals surface area contributed by atoms with Crippen molar-refractivity contribution in [3.8, 4) is 17.2 Å². The van der Waals surface area contributed by atoms with Crippen molar-refractivity contribution in [2.75, 3.05) is 7.11 Å². The molecule has 4 heteroatoms. The van der Waals surface area contributed by atoms with Crippen LogP contribution in [-0.4, -0.2) is 18.7 Å². The summed E-state index contributed by atoms with van der Waals surface area (Å²) in [6.07, 6.45) is 0. The van der Waals surface area contributed by atoms with Gasteiger partial charge in [-0.3, -0.25) is 9.59 Å². The predicted molar refractivity (Wildman–Crippen MR) is 124 cm³/mol. The van der Waals surface area contributed by atoms with Gasteiger partial charge < -0.3 is 9.47 Å². The van der Waals surface area contributed by atoms with Crippen molar-refractivity contribution >= 4 is 11.6 Å². The van der Waals surface area contributed by atoms with Crippen LogP contribution in [0.5, 0.6) is 17.2 Å². The first-order valence-electron chi connectivity index (χ1n) is 10.2. The summed E-state index contributed by atoms with van der Waals surface area (Å²) in [5.74, 6) is 1.87. The summed E-state index contributed by atoms with van der Waals surface area (Å²) in [5, 5.41) is 0. The Morgan fingerprint density at radius 2 is 0.812 bits per heavy atom. The molecule has 0 aromatic heterocycles. The minimum atomic E-state index is -0.115. The molecule has 0 bridgehead atoms. The fourth-order valence-electron chi connectivity index (χ4n) is 3.27. The van der Waals surface area contributed by atoms with E-state index in [4.69, 9.17) is 9.47 Å². The Morgan fingerprint density at radius 3 is 1.19 bits per heavy atom. The van der Waals surface area contributed by atoms with Gasteiger partial charge >= 0.3 is 0 Å². The van der Waals surface area contributed by atoms with Gasteiger partial charge in [0.05, 0.1) is 7.11 Å². The molecule has 0 aliphatic rings. The first kappa shape index (κ1) is 21.1. The summed E-state index contributed by atoms with van der Waals surface area (Å²) in [6.45, 7) is 2.02. The Kier molecular flexibility index (Phi) is 6.13. The molecule has 4 nitrogen and oxygen atoms in total. The third kappa shape index (κ3) is 4.76. The SMILES string of the molecule is COc1ccc(C(=O)c2ccc(C(=O)c3ccc(Oc4ccc(C)cc4)cc3)cc2)cc1. The van der Waals surface area contributed by atoms with E-state index < -0.39 is 0 Å². The average Bonchev–Trinajstić information content (AvgIpc) is 2.85. The summed E-state index contributed by atoms with van der Waals surface area (Å²) in [4.78, 5) is 25.5. The summed E-state index contributed by atoms with van der Waals surface area (Å²) in [6, 6.07) is 28.4. The lowest BCUT2D eigenvalue weighted by Gasteiger charge is -2.08. The maximum Gasteiger partial charge on any atom is 0.193 e. The lowest BCUT2D eigenvalue weighted by Crippen LogP contribution is -2.04. The molecule has 0 aliphatic heterocycles. The Hall–Kier alpha value is -4.18. The number of hydrogen-bond acceptors (Lipinski definition) is 4. The molecule has 0 amide bonds. The number of benzene rings is 4. The van der Waals surface area contributed by atoms with Gasteiger partial charge in [-0.1, -0.05) is 42.0 Å². The van der Waals surface area contributed by atoms with Crippen molar-refractivity contribution in [2.24, 2.45) is 0 Å². The molecule has 0 saturated heterocycles. The molecule has 4 rings (SSSR count). The van der Waals surface area contributed by atoms with Gasteiger partial charge in [-0.2, -0.15) is 0 Å². The summed E-state index contributed by atoms with van der Waals surface area (Å²) >= 11 is 0. The zero-order valence-corrected chi connectivity index (χ0v) is 17.9. The molecule has 0 aliphatic carbocycles. The van der Waals surface area contributed by atoms with E-state index in [1.807, 2.05) is 31.2 Å². The molecule has 32 heavy (non-hydrogen) atoms. The van der Waals surface area contributed by atoms with Crippen molar-refractivity contribution in [1.82, 2.24) is 0 Å². The quantitative estimate of drug-likeness (QED) is 0.330. The number of methoxy groups -OCH3 is 1. The molecule has 0 saturated carbocycles. The molecule has 0 N–H and O–H groups in total. The fourth-order valence-corrected chi connectivity index (χ4v) is 3.27. The number of aryl methyl sites for hydroxylation is 1. The highest BCUT2D eigenvalue weighted by atomic mass is 16.5. The molecule has 0 radical (unpaired) electrons. The largest absolute Gasteiger partial charge is 0.497 e. The molecule has 0 spiro atoms. The van der Waals surface area contributed by atoms with Crippen LogP contribution in [0.15, 0.2) is 97.1 Å². The van der Waals surface area contributed by atoms with Crippen molar-refractivity contribution in [2.45, 2.75) is 6.92 Å². The Morgan fingerprint density at radius 1 is 0.500 bits per heavy atom. The molecule has 4 aromatic carbocycles. The summed E-state index contributed by atoms with van der Waals surface area (Å²) < 4.78 is 10.9. The van der Waals surface area contributed by atoms with E-state index in [0.29, 0.717) is 33.8 Å². The lowest BCUT2D eigenvalue weighted by molar-refractivity contribution is 0.102. The third-order valence-electron chi connectivity index (χ3n) is 5.13. The van der Waals surface area contributed by atoms with E-state index in [9.17, 15) is 9.59 Å². The molecule has 0 atom stereocenters. The van der Waals surface area contributed by atoms with Crippen molar-refractivity contribution in [1.29, 1.82) is 0 Å². The number of ether oxygens (including phenoxy) is 2. The summed E-state index contributed by atoms with van der Waals surface area (Å²) in [7, 11) is 1.58. The molecule has 0 unspecified atom stereocenters. The number of hydrogen-bond donors (Lipinski definition) is 0. The Balaban J connectivity index is 1.44. The second-order valence-corrected chi connectivity index (χ2v) is 7.40. The number of ketones is 2. The van der Waals surface area contributed by atoms with Crippen LogP contribution in [-0.2, 0) is 0 Å². The van der Waals surface area contributed by atoms with E-state index in [-0.39, 0.29) is 11.6 Å². The van der Waals surface area contributed by atoms with E-state index >= 15 is 0 Å². The van der Waals surface area contributed by atoms with Gasteiger partial charge in [0.1, 0.15) is 17.2 Å². The highest BCUT2D eigenvalue weighted by Gasteiger charge is 2.13. The second kappa shape index (κ2) is 9.31. The minimum Gasteiger partial charge on any atom is -0.497 e. The molecular formula is C28H22O4. The van der Waals surface area contributed by atoms with E-state index in [1.54, 1.807) is 79.9 Å². The van der Waals surface area contributed by atoms with Gasteiger partial charge in [0, 0.05) is 22.3 Å². The molecule has 4 aromatic rings. The maximum atomic E-state index is 12.8. The number of rotatable bonds is 7. The van der Waals surface area contributed by atoms with E-state index in [1.165, 1.54) is 0 Å². The van der Waals surface area contributed by atoms with Gasteiger partial charge in [-0.05, 0) is 67.6 Å². The highest BCUT2D eigenvalue weighted by Crippen LogP contribution is 2.23. The van der Waals surface area contributed by atoms with Crippen LogP contribution in [0.2, 0.25) is 0 Å². The maximum absolute atomic E-state index is 12.8. The first-order valence-corrected chi connectivity index (χ1v) is 10.2. The first-order chi connectivity index (χ1) is 15.5. The normalized spacial score (nSPS) is 10.4. The molecule has 0 fully saturated rings. The third-order valence-corrected chi connectivity index (χ3v) is 5.13.